The van der Waals surface area contributed by atoms with Gasteiger partial charge >= 0.3 is 0 Å². The summed E-state index contributed by atoms with van der Waals surface area (Å²) in [4.78, 5) is 0. The Morgan fingerprint density at radius 3 is 2.80 bits per heavy atom. The Labute approximate surface area is 120 Å². The summed E-state index contributed by atoms with van der Waals surface area (Å²) in [5.41, 5.74) is 8.95. The minimum absolute atomic E-state index is 0.267. The van der Waals surface area contributed by atoms with Crippen molar-refractivity contribution in [3.8, 4) is 0 Å². The number of nitrogens with one attached hydrogen (secondary N) is 1. The van der Waals surface area contributed by atoms with E-state index >= 15 is 0 Å². The molecule has 1 rings (SSSR count). The van der Waals surface area contributed by atoms with Gasteiger partial charge in [0, 0.05) is 12.2 Å². The summed E-state index contributed by atoms with van der Waals surface area (Å²) in [6.45, 7) is 6.95. The van der Waals surface area contributed by atoms with E-state index in [-0.39, 0.29) is 6.04 Å². The highest BCUT2D eigenvalue weighted by Gasteiger charge is 2.03. The van der Waals surface area contributed by atoms with Gasteiger partial charge in [-0.1, -0.05) is 13.0 Å². The molecule has 1 aromatic carbocycles. The molecule has 20 heavy (non-hydrogen) atoms. The first-order valence-electron chi connectivity index (χ1n) is 6.82. The topological polar surface area (TPSA) is 72.0 Å². The van der Waals surface area contributed by atoms with Gasteiger partial charge in [-0.25, -0.2) is 0 Å². The van der Waals surface area contributed by atoms with Crippen LogP contribution in [0.1, 0.15) is 31.4 Å². The molecule has 3 N–H and O–H groups in total. The van der Waals surface area contributed by atoms with E-state index in [9.17, 15) is 0 Å². The summed E-state index contributed by atoms with van der Waals surface area (Å²) in [5, 5.41) is 11.4. The Balaban J connectivity index is 2.83. The molecule has 0 aliphatic heterocycles. The lowest BCUT2D eigenvalue weighted by Crippen LogP contribution is -2.27. The van der Waals surface area contributed by atoms with Crippen LogP contribution in [-0.4, -0.2) is 31.8 Å². The number of hydrogen-bond acceptors (Lipinski definition) is 5. The fraction of sp³-hybridized carbons (Fsp3) is 0.467. The van der Waals surface area contributed by atoms with Crippen molar-refractivity contribution in [1.29, 1.82) is 0 Å². The summed E-state index contributed by atoms with van der Waals surface area (Å²) in [6.07, 6.45) is 2.79. The molecule has 1 atom stereocenters. The molecule has 0 spiro atoms. The number of nitrogens with zero attached hydrogens (tertiary/aromatic N) is 2. The molecule has 5 heteroatoms. The molecule has 0 aromatic heterocycles. The largest absolute Gasteiger partial charge is 0.482 e. The Hall–Kier alpha value is -1.88. The third-order valence-electron chi connectivity index (χ3n) is 2.64. The first-order chi connectivity index (χ1) is 9.56. The van der Waals surface area contributed by atoms with Gasteiger partial charge in [0.05, 0.1) is 19.4 Å². The van der Waals surface area contributed by atoms with Crippen LogP contribution in [0.15, 0.2) is 28.4 Å². The van der Waals surface area contributed by atoms with Crippen LogP contribution in [0, 0.1) is 6.92 Å². The minimum Gasteiger partial charge on any atom is -0.482 e. The predicted octanol–water partition coefficient (Wildman–Crippen LogP) is 2.54. The van der Waals surface area contributed by atoms with Gasteiger partial charge < -0.3 is 15.8 Å². The van der Waals surface area contributed by atoms with Crippen molar-refractivity contribution in [2.45, 2.75) is 33.2 Å². The lowest BCUT2D eigenvalue weighted by atomic mass is 10.1. The van der Waals surface area contributed by atoms with Gasteiger partial charge in [0.15, 0.2) is 0 Å². The Morgan fingerprint density at radius 1 is 1.45 bits per heavy atom. The fourth-order valence-electron chi connectivity index (χ4n) is 1.73. The summed E-state index contributed by atoms with van der Waals surface area (Å²) in [7, 11) is 1.54. The maximum Gasteiger partial charge on any atom is 0.225 e. The molecule has 0 bridgehead atoms. The van der Waals surface area contributed by atoms with Gasteiger partial charge in [-0.2, -0.15) is 5.10 Å². The second-order valence-electron chi connectivity index (χ2n) is 4.73. The van der Waals surface area contributed by atoms with Crippen LogP contribution < -0.4 is 11.1 Å². The van der Waals surface area contributed by atoms with Crippen molar-refractivity contribution in [3.05, 3.63) is 29.3 Å². The lowest BCUT2D eigenvalue weighted by Gasteiger charge is -2.07. The number of rotatable bonds is 6. The lowest BCUT2D eigenvalue weighted by molar-refractivity contribution is 0.382. The Kier molecular flexibility index (Phi) is 6.73. The quantitative estimate of drug-likeness (QED) is 0.476. The molecule has 110 valence electrons. The van der Waals surface area contributed by atoms with E-state index < -0.39 is 0 Å². The molecular formula is C15H24N4O. The first-order valence-corrected chi connectivity index (χ1v) is 6.82. The van der Waals surface area contributed by atoms with Crippen LogP contribution in [0.25, 0.3) is 0 Å². The number of hydrogen-bond donors (Lipinski definition) is 2. The van der Waals surface area contributed by atoms with Gasteiger partial charge in [0.25, 0.3) is 0 Å². The molecule has 0 aliphatic rings. The number of methoxy groups -OCH3 is 1. The predicted molar refractivity (Wildman–Crippen MR) is 85.6 cm³/mol. The third-order valence-corrected chi connectivity index (χ3v) is 2.64. The molecule has 0 heterocycles. The zero-order valence-corrected chi connectivity index (χ0v) is 12.7. The van der Waals surface area contributed by atoms with E-state index in [0.717, 1.165) is 24.2 Å². The summed E-state index contributed by atoms with van der Waals surface area (Å²) in [5.74, 6) is 0.415. The number of nitrogens with two attached hydrogens (primary N) is 1. The van der Waals surface area contributed by atoms with Crippen LogP contribution in [0.4, 0.5) is 5.69 Å². The van der Waals surface area contributed by atoms with Gasteiger partial charge in [0.2, 0.25) is 5.90 Å². The zero-order valence-electron chi connectivity index (χ0n) is 12.7. The highest BCUT2D eigenvalue weighted by molar-refractivity contribution is 5.84. The molecule has 0 radical (unpaired) electrons. The van der Waals surface area contributed by atoms with E-state index in [1.54, 1.807) is 13.1 Å². The minimum atomic E-state index is -0.267. The molecule has 0 saturated heterocycles. The fourth-order valence-corrected chi connectivity index (χ4v) is 1.73. The van der Waals surface area contributed by atoms with E-state index in [1.165, 1.54) is 12.7 Å². The van der Waals surface area contributed by atoms with Gasteiger partial charge in [0.1, 0.15) is 0 Å². The smallest absolute Gasteiger partial charge is 0.225 e. The monoisotopic (exact) mass is 276 g/mol. The summed E-state index contributed by atoms with van der Waals surface area (Å²) in [6, 6.07) is 5.93. The molecule has 0 aliphatic carbocycles. The molecule has 1 unspecified atom stereocenters. The third kappa shape index (κ3) is 5.40. The van der Waals surface area contributed by atoms with Crippen LogP contribution in [0.3, 0.4) is 0 Å². The van der Waals surface area contributed by atoms with E-state index in [0.29, 0.717) is 5.90 Å². The van der Waals surface area contributed by atoms with Crippen LogP contribution in [-0.2, 0) is 4.74 Å². The summed E-state index contributed by atoms with van der Waals surface area (Å²) >= 11 is 0. The maximum atomic E-state index is 5.69. The number of ether oxygens (including phenoxy) is 1. The average Bonchev–Trinajstić information content (AvgIpc) is 2.40. The molecular weight excluding hydrogens is 252 g/mol. The highest BCUT2D eigenvalue weighted by atomic mass is 16.5. The number of benzene rings is 1. The Bertz CT molecular complexity index is 481. The molecule has 0 amide bonds. The number of aryl methyl sites for hydroxylation is 1. The second-order valence-corrected chi connectivity index (χ2v) is 4.73. The standard InChI is InChI=1S/C15H24N4O/c1-5-6-17-14-8-11(2)7-13(9-14)10-18-19-15(20-4)12(3)16/h7-10,12,17H,5-6,16H2,1-4H3/b18-10+,19-15-. The van der Waals surface area contributed by atoms with Crippen LogP contribution >= 0.6 is 0 Å². The van der Waals surface area contributed by atoms with Crippen molar-refractivity contribution in [2.75, 3.05) is 19.0 Å². The molecule has 5 nitrogen and oxygen atoms in total. The van der Waals surface area contributed by atoms with Crippen molar-refractivity contribution >= 4 is 17.8 Å². The van der Waals surface area contributed by atoms with E-state index in [2.05, 4.69) is 41.5 Å². The maximum absolute atomic E-state index is 5.69. The SMILES string of the molecule is CCCNc1cc(C)cc(/C=N/N=C(\OC)C(C)N)c1. The van der Waals surface area contributed by atoms with E-state index in [4.69, 9.17) is 10.5 Å². The van der Waals surface area contributed by atoms with Crippen LogP contribution in [0.5, 0.6) is 0 Å². The van der Waals surface area contributed by atoms with Gasteiger partial charge in [-0.15, -0.1) is 5.10 Å². The zero-order chi connectivity index (χ0) is 15.0. The van der Waals surface area contributed by atoms with E-state index in [1.807, 2.05) is 6.07 Å². The normalized spacial score (nSPS) is 13.6. The molecule has 1 aromatic rings. The van der Waals surface area contributed by atoms with Crippen molar-refractivity contribution in [3.63, 3.8) is 0 Å². The van der Waals surface area contributed by atoms with Crippen molar-refractivity contribution < 1.29 is 4.74 Å². The Morgan fingerprint density at radius 2 is 2.20 bits per heavy atom. The number of anilines is 1. The molecule has 0 fully saturated rings. The molecule has 0 saturated carbocycles. The first kappa shape index (κ1) is 16.2. The van der Waals surface area contributed by atoms with Gasteiger partial charge in [-0.05, 0) is 43.5 Å². The van der Waals surface area contributed by atoms with Gasteiger partial charge in [-0.3, -0.25) is 0 Å². The average molecular weight is 276 g/mol. The highest BCUT2D eigenvalue weighted by Crippen LogP contribution is 2.13. The summed E-state index contributed by atoms with van der Waals surface area (Å²) < 4.78 is 5.05. The second kappa shape index (κ2) is 8.32. The van der Waals surface area contributed by atoms with Crippen LogP contribution in [0.2, 0.25) is 0 Å². The van der Waals surface area contributed by atoms with Crippen molar-refractivity contribution in [2.24, 2.45) is 15.9 Å². The van der Waals surface area contributed by atoms with Crippen molar-refractivity contribution in [1.82, 2.24) is 0 Å².